The van der Waals surface area contributed by atoms with Gasteiger partial charge in [-0.15, -0.1) is 0 Å². The minimum Gasteiger partial charge on any atom is -0.272 e. The van der Waals surface area contributed by atoms with Gasteiger partial charge in [-0.2, -0.15) is 10.1 Å². The molecule has 0 aromatic heterocycles. The molecule has 6 atom stereocenters. The number of benzene rings is 1. The number of hydrazone groups is 1. The van der Waals surface area contributed by atoms with E-state index in [-0.39, 0.29) is 35.5 Å². The van der Waals surface area contributed by atoms with Gasteiger partial charge in [0.25, 0.3) is 11.8 Å². The molecule has 1 saturated heterocycles. The molecule has 0 radical (unpaired) electrons. The molecule has 0 unspecified atom stereocenters. The Balaban J connectivity index is 1.47. The zero-order valence-electron chi connectivity index (χ0n) is 12.3. The number of carbonyl (C=O) groups excluding carboxylic acids is 2. The van der Waals surface area contributed by atoms with Gasteiger partial charge >= 0.3 is 0 Å². The van der Waals surface area contributed by atoms with Crippen LogP contribution in [-0.2, 0) is 9.59 Å². The van der Waals surface area contributed by atoms with Crippen molar-refractivity contribution >= 4 is 29.6 Å². The molecule has 116 valence electrons. The Morgan fingerprint density at radius 2 is 1.65 bits per heavy atom. The highest BCUT2D eigenvalue weighted by molar-refractivity contribution is 6.33. The summed E-state index contributed by atoms with van der Waals surface area (Å²) in [5.74, 6) is 0.972. The van der Waals surface area contributed by atoms with Gasteiger partial charge in [-0.25, -0.2) is 0 Å². The first-order valence-electron chi connectivity index (χ1n) is 8.01. The topological polar surface area (TPSA) is 49.7 Å². The van der Waals surface area contributed by atoms with E-state index in [2.05, 4.69) is 17.3 Å². The molecule has 4 aliphatic carbocycles. The molecule has 5 aliphatic rings. The van der Waals surface area contributed by atoms with Gasteiger partial charge in [-0.1, -0.05) is 42.0 Å². The average Bonchev–Trinajstić information content (AvgIpc) is 3.33. The van der Waals surface area contributed by atoms with E-state index in [4.69, 9.17) is 11.6 Å². The number of carbonyl (C=O) groups is 2. The molecule has 0 N–H and O–H groups in total. The van der Waals surface area contributed by atoms with E-state index in [1.54, 1.807) is 6.07 Å². The highest BCUT2D eigenvalue weighted by Crippen LogP contribution is 2.65. The summed E-state index contributed by atoms with van der Waals surface area (Å²) in [5, 5.41) is 5.81. The van der Waals surface area contributed by atoms with Crippen molar-refractivity contribution in [3.05, 3.63) is 47.0 Å². The maximum atomic E-state index is 12.7. The molecule has 2 bridgehead atoms. The number of allylic oxidation sites excluding steroid dienone is 2. The van der Waals surface area contributed by atoms with Crippen LogP contribution in [0.15, 0.2) is 41.5 Å². The van der Waals surface area contributed by atoms with Crippen molar-refractivity contribution in [3.63, 3.8) is 0 Å². The van der Waals surface area contributed by atoms with Crippen LogP contribution in [0.5, 0.6) is 0 Å². The third-order valence-electron chi connectivity index (χ3n) is 5.86. The fourth-order valence-corrected chi connectivity index (χ4v) is 4.94. The molecule has 4 nitrogen and oxygen atoms in total. The SMILES string of the molecule is O=C1[C@H]2[C@@H]3C=C[C@H]([C@@H]4C[C@H]34)[C@@H]2C(=O)N1/N=C\c1ccccc1Cl. The number of rotatable bonds is 2. The van der Waals surface area contributed by atoms with E-state index in [9.17, 15) is 9.59 Å². The average molecular weight is 327 g/mol. The van der Waals surface area contributed by atoms with Crippen LogP contribution in [0, 0.1) is 35.5 Å². The van der Waals surface area contributed by atoms with Crippen LogP contribution in [0.1, 0.15) is 12.0 Å². The van der Waals surface area contributed by atoms with Gasteiger partial charge in [0, 0.05) is 10.6 Å². The van der Waals surface area contributed by atoms with E-state index >= 15 is 0 Å². The Morgan fingerprint density at radius 1 is 1.04 bits per heavy atom. The summed E-state index contributed by atoms with van der Waals surface area (Å²) < 4.78 is 0. The maximum Gasteiger partial charge on any atom is 0.254 e. The molecule has 1 aliphatic heterocycles. The molecule has 1 heterocycles. The van der Waals surface area contributed by atoms with E-state index in [0.717, 1.165) is 5.01 Å². The van der Waals surface area contributed by atoms with Crippen LogP contribution in [0.2, 0.25) is 5.02 Å². The first-order valence-corrected chi connectivity index (χ1v) is 8.39. The molecular weight excluding hydrogens is 312 g/mol. The number of imide groups is 1. The normalized spacial score (nSPS) is 40.0. The zero-order valence-corrected chi connectivity index (χ0v) is 13.1. The highest BCUT2D eigenvalue weighted by atomic mass is 35.5. The molecule has 5 heteroatoms. The molecule has 2 amide bonds. The molecule has 1 aromatic rings. The molecule has 1 aromatic carbocycles. The molecule has 2 saturated carbocycles. The van der Waals surface area contributed by atoms with Crippen LogP contribution in [0.3, 0.4) is 0 Å². The number of amides is 2. The second kappa shape index (κ2) is 4.54. The smallest absolute Gasteiger partial charge is 0.254 e. The van der Waals surface area contributed by atoms with Crippen LogP contribution in [0.25, 0.3) is 0 Å². The fourth-order valence-electron chi connectivity index (χ4n) is 4.75. The molecule has 3 fully saturated rings. The third-order valence-corrected chi connectivity index (χ3v) is 6.20. The monoisotopic (exact) mass is 326 g/mol. The largest absolute Gasteiger partial charge is 0.272 e. The van der Waals surface area contributed by atoms with Crippen molar-refractivity contribution in [1.82, 2.24) is 5.01 Å². The summed E-state index contributed by atoms with van der Waals surface area (Å²) in [4.78, 5) is 25.5. The van der Waals surface area contributed by atoms with Gasteiger partial charge < -0.3 is 0 Å². The second-order valence-electron chi connectivity index (χ2n) is 6.91. The van der Waals surface area contributed by atoms with Crippen molar-refractivity contribution in [1.29, 1.82) is 0 Å². The Kier molecular flexibility index (Phi) is 2.66. The van der Waals surface area contributed by atoms with E-state index < -0.39 is 0 Å². The predicted octanol–water partition coefficient (Wildman–Crippen LogP) is 2.73. The Labute approximate surface area is 138 Å². The minimum absolute atomic E-state index is 0.145. The highest BCUT2D eigenvalue weighted by Gasteiger charge is 2.67. The molecule has 0 spiro atoms. The van der Waals surface area contributed by atoms with Gasteiger partial charge in [0.05, 0.1) is 18.1 Å². The lowest BCUT2D eigenvalue weighted by molar-refractivity contribution is -0.140. The van der Waals surface area contributed by atoms with Crippen LogP contribution < -0.4 is 0 Å². The third kappa shape index (κ3) is 1.75. The standard InChI is InChI=1S/C18H15ClN2O2/c19-14-4-2-1-3-9(14)8-20-21-17(22)15-10-5-6-11(13-7-12(10)13)16(15)18(21)23/h1-6,8,10-13,15-16H,7H2/b20-8-/t10-,11-,12-,13+,15+,16+/m1/s1. The lowest BCUT2D eigenvalue weighted by Gasteiger charge is -2.37. The molecule has 23 heavy (non-hydrogen) atoms. The van der Waals surface area contributed by atoms with Crippen LogP contribution in [0.4, 0.5) is 0 Å². The van der Waals surface area contributed by atoms with Crippen molar-refractivity contribution in [3.8, 4) is 0 Å². The van der Waals surface area contributed by atoms with E-state index in [1.807, 2.05) is 18.2 Å². The van der Waals surface area contributed by atoms with Gasteiger partial charge in [-0.05, 0) is 36.2 Å². The lowest BCUT2D eigenvalue weighted by Crippen LogP contribution is -2.40. The summed E-state index contributed by atoms with van der Waals surface area (Å²) in [7, 11) is 0. The fraction of sp³-hybridized carbons (Fsp3) is 0.389. The summed E-state index contributed by atoms with van der Waals surface area (Å²) in [5.41, 5.74) is 0.702. The van der Waals surface area contributed by atoms with Gasteiger partial charge in [0.1, 0.15) is 0 Å². The minimum atomic E-state index is -0.204. The van der Waals surface area contributed by atoms with Crippen molar-refractivity contribution in [2.24, 2.45) is 40.6 Å². The quantitative estimate of drug-likeness (QED) is 0.476. The van der Waals surface area contributed by atoms with Gasteiger partial charge in [0.2, 0.25) is 0 Å². The first kappa shape index (κ1) is 13.5. The Morgan fingerprint density at radius 3 is 2.26 bits per heavy atom. The maximum absolute atomic E-state index is 12.7. The number of halogens is 1. The van der Waals surface area contributed by atoms with Crippen LogP contribution >= 0.6 is 11.6 Å². The summed E-state index contributed by atoms with van der Waals surface area (Å²) in [6, 6.07) is 7.24. The Hall–Kier alpha value is -1.94. The van der Waals surface area contributed by atoms with Crippen molar-refractivity contribution in [2.45, 2.75) is 6.42 Å². The number of hydrogen-bond donors (Lipinski definition) is 0. The summed E-state index contributed by atoms with van der Waals surface area (Å²) in [6.07, 6.45) is 6.99. The van der Waals surface area contributed by atoms with Gasteiger partial charge in [-0.3, -0.25) is 9.59 Å². The first-order chi connectivity index (χ1) is 11.2. The second-order valence-corrected chi connectivity index (χ2v) is 7.32. The number of nitrogens with zero attached hydrogens (tertiary/aromatic N) is 2. The predicted molar refractivity (Wildman–Crippen MR) is 85.6 cm³/mol. The lowest BCUT2D eigenvalue weighted by atomic mass is 9.63. The Bertz CT molecular complexity index is 751. The zero-order chi connectivity index (χ0) is 15.7. The number of hydrogen-bond acceptors (Lipinski definition) is 3. The summed E-state index contributed by atoms with van der Waals surface area (Å²) in [6.45, 7) is 0. The van der Waals surface area contributed by atoms with Crippen LogP contribution in [-0.4, -0.2) is 23.0 Å². The molecular formula is C18H15ClN2O2. The molecule has 6 rings (SSSR count). The van der Waals surface area contributed by atoms with E-state index in [0.29, 0.717) is 22.4 Å². The van der Waals surface area contributed by atoms with Crippen molar-refractivity contribution in [2.75, 3.05) is 0 Å². The van der Waals surface area contributed by atoms with E-state index in [1.165, 1.54) is 12.6 Å². The summed E-state index contributed by atoms with van der Waals surface area (Å²) >= 11 is 6.10. The van der Waals surface area contributed by atoms with Gasteiger partial charge in [0.15, 0.2) is 0 Å². The van der Waals surface area contributed by atoms with Crippen molar-refractivity contribution < 1.29 is 9.59 Å².